The molecule has 18 heteroatoms. The average Bonchev–Trinajstić information content (AvgIpc) is 3.50. The molecule has 3 amide bonds. The molecule has 1 atom stereocenters. The van der Waals surface area contributed by atoms with E-state index in [0.29, 0.717) is 55.1 Å². The zero-order chi connectivity index (χ0) is 38.4. The van der Waals surface area contributed by atoms with Gasteiger partial charge in [0, 0.05) is 63.2 Å². The topological polar surface area (TPSA) is 145 Å². The Morgan fingerprint density at radius 3 is 2.13 bits per heavy atom. The number of nitrogens with two attached hydrogens (primary N) is 1. The summed E-state index contributed by atoms with van der Waals surface area (Å²) in [5, 5.41) is 6.75. The van der Waals surface area contributed by atoms with E-state index in [1.165, 1.54) is 9.80 Å². The lowest BCUT2D eigenvalue weighted by Crippen LogP contribution is -2.59. The number of nitrogens with one attached hydrogen (secondary N) is 3. The molecule has 3 aliphatic rings. The molecule has 4 aromatic rings. The summed E-state index contributed by atoms with van der Waals surface area (Å²) in [6.07, 6.45) is -6.77. The van der Waals surface area contributed by atoms with Gasteiger partial charge in [-0.25, -0.2) is 9.59 Å². The van der Waals surface area contributed by atoms with Crippen molar-refractivity contribution < 1.29 is 35.9 Å². The fraction of sp³-hybridized carbons (Fsp3) is 0.500. The minimum Gasteiger partial charge on any atom is -0.398 e. The van der Waals surface area contributed by atoms with Crippen molar-refractivity contribution in [3.63, 3.8) is 0 Å². The summed E-state index contributed by atoms with van der Waals surface area (Å²) >= 11 is 0. The maximum absolute atomic E-state index is 14.0. The highest BCUT2D eigenvalue weighted by Gasteiger charge is 2.42. The number of fused-ring (bicyclic) bond motifs is 3. The van der Waals surface area contributed by atoms with Gasteiger partial charge >= 0.3 is 24.1 Å². The Kier molecular flexibility index (Phi) is 10.2. The molecule has 2 aromatic heterocycles. The number of anilines is 1. The van der Waals surface area contributed by atoms with Crippen LogP contribution in [-0.4, -0.2) is 106 Å². The number of nitrogens with zero attached hydrogens (tertiary/aromatic N) is 5. The van der Waals surface area contributed by atoms with Crippen molar-refractivity contribution in [2.75, 3.05) is 58.1 Å². The number of likely N-dealkylation sites (tertiary alicyclic amines) is 1. The van der Waals surface area contributed by atoms with E-state index >= 15 is 0 Å². The predicted molar refractivity (Wildman–Crippen MR) is 189 cm³/mol. The van der Waals surface area contributed by atoms with Crippen LogP contribution in [0.5, 0.6) is 0 Å². The molecule has 2 aromatic carbocycles. The van der Waals surface area contributed by atoms with Gasteiger partial charge in [-0.2, -0.15) is 26.3 Å². The largest absolute Gasteiger partial charge is 0.418 e. The third-order valence-corrected chi connectivity index (χ3v) is 10.9. The van der Waals surface area contributed by atoms with Crippen molar-refractivity contribution >= 4 is 39.6 Å². The maximum Gasteiger partial charge on any atom is 0.418 e. The molecule has 3 aliphatic heterocycles. The van der Waals surface area contributed by atoms with Crippen molar-refractivity contribution in [1.29, 1.82) is 0 Å². The van der Waals surface area contributed by atoms with Crippen molar-refractivity contribution in [3.8, 4) is 0 Å². The standard InChI is InChI=1S/C36H41F6N9O3/c37-35(38,39)25-17-21(18-26(30(25)43)36(40,41)42)19-28(32(52)49-15-13-48(14-16-49)22-5-9-44-10-6-22)46-33(53)50-11-7-23(8-12-50)51-29-20-45-27-4-2-1-3-24(27)31(29)47-34(51)54/h1-4,17-18,20,22-23,28,44H,5-16,19,43H2,(H,46,53)(H,47,54)/t28-/m1/s1. The molecule has 0 saturated carbocycles. The van der Waals surface area contributed by atoms with Gasteiger partial charge in [-0.05, 0) is 62.5 Å². The van der Waals surface area contributed by atoms with E-state index in [2.05, 4.69) is 25.5 Å². The fourth-order valence-electron chi connectivity index (χ4n) is 8.09. The van der Waals surface area contributed by atoms with E-state index in [0.717, 1.165) is 36.8 Å². The SMILES string of the molecule is Nc1c(C(F)(F)F)cc(C[C@@H](NC(=O)N2CCC(n3c(=O)[nH]c4c5ccccc5ncc43)CC2)C(=O)N2CCN(C3CCNCC3)CC2)cc1C(F)(F)F. The van der Waals surface area contributed by atoms with E-state index in [1.807, 2.05) is 24.3 Å². The maximum atomic E-state index is 14.0. The van der Waals surface area contributed by atoms with Gasteiger partial charge in [-0.1, -0.05) is 18.2 Å². The summed E-state index contributed by atoms with van der Waals surface area (Å²) < 4.78 is 85.1. The van der Waals surface area contributed by atoms with Gasteiger partial charge in [-0.15, -0.1) is 0 Å². The number of halogens is 6. The molecule has 0 radical (unpaired) electrons. The highest BCUT2D eigenvalue weighted by molar-refractivity contribution is 6.01. The van der Waals surface area contributed by atoms with E-state index in [9.17, 15) is 40.7 Å². The number of para-hydroxylation sites is 1. The second-order valence-corrected chi connectivity index (χ2v) is 14.2. The van der Waals surface area contributed by atoms with E-state index in [1.54, 1.807) is 10.8 Å². The van der Waals surface area contributed by atoms with Crippen molar-refractivity contribution in [3.05, 3.63) is 69.8 Å². The number of H-pyrrole nitrogens is 1. The second kappa shape index (κ2) is 14.8. The average molecular weight is 762 g/mol. The predicted octanol–water partition coefficient (Wildman–Crippen LogP) is 4.35. The number of imidazole rings is 1. The number of aromatic amines is 1. The van der Waals surface area contributed by atoms with Gasteiger partial charge in [0.2, 0.25) is 5.91 Å². The third-order valence-electron chi connectivity index (χ3n) is 10.9. The first-order valence-electron chi connectivity index (χ1n) is 18.0. The number of carbonyl (C=O) groups excluding carboxylic acids is 2. The van der Waals surface area contributed by atoms with Crippen LogP contribution in [0.4, 0.5) is 36.8 Å². The van der Waals surface area contributed by atoms with Crippen LogP contribution in [0.15, 0.2) is 47.4 Å². The molecule has 290 valence electrons. The Labute approximate surface area is 305 Å². The van der Waals surface area contributed by atoms with Gasteiger partial charge in [0.15, 0.2) is 0 Å². The van der Waals surface area contributed by atoms with Gasteiger partial charge in [0.05, 0.1) is 39.6 Å². The molecule has 3 fully saturated rings. The molecule has 12 nitrogen and oxygen atoms in total. The molecule has 0 spiro atoms. The number of hydrogen-bond acceptors (Lipinski definition) is 7. The summed E-state index contributed by atoms with van der Waals surface area (Å²) in [5.74, 6) is -0.604. The zero-order valence-corrected chi connectivity index (χ0v) is 29.3. The quantitative estimate of drug-likeness (QED) is 0.169. The first-order valence-corrected chi connectivity index (χ1v) is 18.0. The summed E-state index contributed by atoms with van der Waals surface area (Å²) in [7, 11) is 0. The van der Waals surface area contributed by atoms with E-state index < -0.39 is 59.1 Å². The van der Waals surface area contributed by atoms with Crippen LogP contribution in [0.3, 0.4) is 0 Å². The molecular formula is C36H41F6N9O3. The fourth-order valence-corrected chi connectivity index (χ4v) is 8.09. The number of amides is 3. The highest BCUT2D eigenvalue weighted by atomic mass is 19.4. The summed E-state index contributed by atoms with van der Waals surface area (Å²) in [5.41, 5.74) is 1.79. The lowest BCUT2D eigenvalue weighted by molar-refractivity contribution is -0.141. The molecule has 7 rings (SSSR count). The molecule has 0 bridgehead atoms. The number of pyridine rings is 1. The van der Waals surface area contributed by atoms with Crippen LogP contribution >= 0.6 is 0 Å². The lowest BCUT2D eigenvalue weighted by Gasteiger charge is -2.42. The number of nitrogen functional groups attached to an aromatic ring is 1. The Morgan fingerprint density at radius 1 is 0.870 bits per heavy atom. The van der Waals surface area contributed by atoms with Crippen LogP contribution in [-0.2, 0) is 23.6 Å². The summed E-state index contributed by atoms with van der Waals surface area (Å²) in [6.45, 7) is 3.76. The number of urea groups is 1. The normalized spacial score (nSPS) is 19.1. The zero-order valence-electron chi connectivity index (χ0n) is 29.3. The molecule has 0 unspecified atom stereocenters. The molecular weight excluding hydrogens is 720 g/mol. The highest BCUT2D eigenvalue weighted by Crippen LogP contribution is 2.42. The smallest absolute Gasteiger partial charge is 0.398 e. The Morgan fingerprint density at radius 2 is 1.50 bits per heavy atom. The Hall–Kier alpha value is -4.84. The van der Waals surface area contributed by atoms with Crippen molar-refractivity contribution in [2.45, 2.75) is 62.6 Å². The molecule has 0 aliphatic carbocycles. The number of piperidine rings is 2. The first-order chi connectivity index (χ1) is 25.7. The molecule has 54 heavy (non-hydrogen) atoms. The third kappa shape index (κ3) is 7.58. The number of alkyl halides is 6. The number of carbonyl (C=O) groups is 2. The lowest BCUT2D eigenvalue weighted by atomic mass is 9.96. The number of rotatable bonds is 6. The Balaban J connectivity index is 1.10. The second-order valence-electron chi connectivity index (χ2n) is 14.2. The van der Waals surface area contributed by atoms with Crippen LogP contribution in [0, 0.1) is 0 Å². The van der Waals surface area contributed by atoms with Crippen molar-refractivity contribution in [2.24, 2.45) is 0 Å². The van der Waals surface area contributed by atoms with Crippen LogP contribution in [0.1, 0.15) is 48.4 Å². The van der Waals surface area contributed by atoms with Gasteiger partial charge < -0.3 is 31.2 Å². The van der Waals surface area contributed by atoms with Gasteiger partial charge in [0.25, 0.3) is 0 Å². The first kappa shape index (κ1) is 37.5. The van der Waals surface area contributed by atoms with Crippen LogP contribution in [0.25, 0.3) is 21.9 Å². The monoisotopic (exact) mass is 761 g/mol. The van der Waals surface area contributed by atoms with Gasteiger partial charge in [-0.3, -0.25) is 19.2 Å². The minimum atomic E-state index is -5.20. The van der Waals surface area contributed by atoms with Crippen LogP contribution in [0.2, 0.25) is 0 Å². The minimum absolute atomic E-state index is 0.171. The van der Waals surface area contributed by atoms with Crippen molar-refractivity contribution in [1.82, 2.24) is 39.9 Å². The number of hydrogen-bond donors (Lipinski definition) is 4. The number of piperazine rings is 1. The summed E-state index contributed by atoms with van der Waals surface area (Å²) in [6, 6.07) is 6.31. The van der Waals surface area contributed by atoms with Gasteiger partial charge in [0.1, 0.15) is 6.04 Å². The van der Waals surface area contributed by atoms with E-state index in [-0.39, 0.29) is 37.9 Å². The Bertz CT molecular complexity index is 2040. The molecule has 5 heterocycles. The number of benzene rings is 2. The van der Waals surface area contributed by atoms with E-state index in [4.69, 9.17) is 5.73 Å². The van der Waals surface area contributed by atoms with Crippen LogP contribution < -0.4 is 22.1 Å². The molecule has 3 saturated heterocycles. The summed E-state index contributed by atoms with van der Waals surface area (Å²) in [4.78, 5) is 53.5. The number of aromatic nitrogens is 3. The molecule has 5 N–H and O–H groups in total.